The maximum Gasteiger partial charge on any atom is 0.356 e. The van der Waals surface area contributed by atoms with Gasteiger partial charge < -0.3 is 10.4 Å². The molecule has 0 bridgehead atoms. The second kappa shape index (κ2) is 5.79. The van der Waals surface area contributed by atoms with Crippen molar-refractivity contribution >= 4 is 28.2 Å². The summed E-state index contributed by atoms with van der Waals surface area (Å²) in [5.41, 5.74) is 0.599. The van der Waals surface area contributed by atoms with Crippen LogP contribution in [0.15, 0.2) is 24.4 Å². The molecule has 1 unspecified atom stereocenters. The van der Waals surface area contributed by atoms with Gasteiger partial charge in [-0.15, -0.1) is 0 Å². The third-order valence-corrected chi connectivity index (χ3v) is 3.71. The predicted octanol–water partition coefficient (Wildman–Crippen LogP) is 2.61. The normalized spacial score (nSPS) is 11.9. The van der Waals surface area contributed by atoms with Crippen molar-refractivity contribution in [2.45, 2.75) is 19.9 Å². The molecule has 0 aromatic carbocycles. The number of hydrogen-bond donors (Lipinski definition) is 2. The first kappa shape index (κ1) is 14.1. The van der Waals surface area contributed by atoms with Crippen molar-refractivity contribution in [3.05, 3.63) is 40.7 Å². The number of aromatic nitrogens is 2. The number of thiazole rings is 1. The number of anilines is 1. The van der Waals surface area contributed by atoms with Crippen LogP contribution in [0.2, 0.25) is 0 Å². The third-order valence-electron chi connectivity index (χ3n) is 2.62. The molecule has 20 heavy (non-hydrogen) atoms. The quantitative estimate of drug-likeness (QED) is 0.823. The molecule has 0 aliphatic rings. The van der Waals surface area contributed by atoms with Crippen molar-refractivity contribution in [3.8, 4) is 0 Å². The lowest BCUT2D eigenvalue weighted by Crippen LogP contribution is -2.08. The number of ketones is 1. The Bertz CT molecular complexity index is 608. The van der Waals surface area contributed by atoms with E-state index in [0.717, 1.165) is 17.0 Å². The summed E-state index contributed by atoms with van der Waals surface area (Å²) in [6, 6.07) is 5.40. The number of nitrogens with one attached hydrogen (secondary N) is 1. The summed E-state index contributed by atoms with van der Waals surface area (Å²) in [4.78, 5) is 30.8. The molecule has 0 saturated heterocycles. The first-order chi connectivity index (χ1) is 9.49. The average Bonchev–Trinajstić information content (AvgIpc) is 2.84. The van der Waals surface area contributed by atoms with Crippen LogP contribution in [-0.4, -0.2) is 26.8 Å². The Labute approximate surface area is 119 Å². The number of aromatic carboxylic acids is 1. The van der Waals surface area contributed by atoms with Gasteiger partial charge in [-0.1, -0.05) is 17.4 Å². The molecule has 2 rings (SSSR count). The van der Waals surface area contributed by atoms with Crippen LogP contribution in [0, 0.1) is 0 Å². The lowest BCUT2D eigenvalue weighted by Gasteiger charge is -2.11. The second-order valence-electron chi connectivity index (χ2n) is 4.18. The number of carbonyl (C=O) groups excluding carboxylic acids is 1. The highest BCUT2D eigenvalue weighted by Crippen LogP contribution is 2.26. The molecule has 0 radical (unpaired) electrons. The zero-order valence-corrected chi connectivity index (χ0v) is 11.8. The van der Waals surface area contributed by atoms with Gasteiger partial charge in [-0.2, -0.15) is 0 Å². The minimum Gasteiger partial charge on any atom is -0.476 e. The molecule has 6 nitrogen and oxygen atoms in total. The molecule has 104 valence electrons. The predicted molar refractivity (Wildman–Crippen MR) is 75.4 cm³/mol. The Morgan fingerprint density at radius 2 is 2.15 bits per heavy atom. The van der Waals surface area contributed by atoms with Gasteiger partial charge in [-0.25, -0.2) is 9.78 Å². The van der Waals surface area contributed by atoms with E-state index in [4.69, 9.17) is 5.11 Å². The molecule has 0 fully saturated rings. The zero-order valence-electron chi connectivity index (χ0n) is 11.0. The number of nitrogens with zero attached hydrogens (tertiary/aromatic N) is 2. The molecule has 0 aliphatic heterocycles. The lowest BCUT2D eigenvalue weighted by atomic mass is 10.2. The molecule has 7 heteroatoms. The summed E-state index contributed by atoms with van der Waals surface area (Å²) >= 11 is 1.04. The van der Waals surface area contributed by atoms with Crippen molar-refractivity contribution < 1.29 is 14.7 Å². The van der Waals surface area contributed by atoms with Gasteiger partial charge in [0, 0.05) is 13.1 Å². The number of rotatable bonds is 5. The molecule has 2 heterocycles. The highest BCUT2D eigenvalue weighted by atomic mass is 32.1. The average molecular weight is 291 g/mol. The van der Waals surface area contributed by atoms with Gasteiger partial charge in [-0.05, 0) is 19.1 Å². The summed E-state index contributed by atoms with van der Waals surface area (Å²) in [6.45, 7) is 3.21. The number of carbonyl (C=O) groups is 2. The molecule has 1 atom stereocenters. The van der Waals surface area contributed by atoms with Crippen LogP contribution in [0.1, 0.15) is 45.7 Å². The van der Waals surface area contributed by atoms with E-state index in [0.29, 0.717) is 5.13 Å². The highest BCUT2D eigenvalue weighted by molar-refractivity contribution is 7.17. The number of hydrogen-bond acceptors (Lipinski definition) is 6. The van der Waals surface area contributed by atoms with Crippen LogP contribution >= 0.6 is 11.3 Å². The van der Waals surface area contributed by atoms with Crippen LogP contribution in [0.5, 0.6) is 0 Å². The van der Waals surface area contributed by atoms with Gasteiger partial charge in [0.2, 0.25) is 0 Å². The van der Waals surface area contributed by atoms with Crippen molar-refractivity contribution in [1.82, 2.24) is 9.97 Å². The molecule has 0 saturated carbocycles. The summed E-state index contributed by atoms with van der Waals surface area (Å²) < 4.78 is 0. The van der Waals surface area contributed by atoms with E-state index in [1.54, 1.807) is 6.20 Å². The number of pyridine rings is 1. The third kappa shape index (κ3) is 3.00. The Hall–Kier alpha value is -2.28. The fraction of sp³-hybridized carbons (Fsp3) is 0.231. The van der Waals surface area contributed by atoms with Crippen molar-refractivity contribution in [2.24, 2.45) is 0 Å². The minimum atomic E-state index is -1.20. The summed E-state index contributed by atoms with van der Waals surface area (Å²) in [5.74, 6) is -1.51. The zero-order chi connectivity index (χ0) is 14.7. The fourth-order valence-electron chi connectivity index (χ4n) is 1.66. The highest BCUT2D eigenvalue weighted by Gasteiger charge is 2.21. The maximum absolute atomic E-state index is 11.4. The van der Waals surface area contributed by atoms with Gasteiger partial charge in [0.05, 0.1) is 11.7 Å². The van der Waals surface area contributed by atoms with Crippen molar-refractivity contribution in [1.29, 1.82) is 0 Å². The van der Waals surface area contributed by atoms with E-state index in [1.165, 1.54) is 6.92 Å². The van der Waals surface area contributed by atoms with Gasteiger partial charge in [0.1, 0.15) is 4.88 Å². The smallest absolute Gasteiger partial charge is 0.356 e. The summed E-state index contributed by atoms with van der Waals surface area (Å²) in [7, 11) is 0. The summed E-state index contributed by atoms with van der Waals surface area (Å²) in [6.07, 6.45) is 1.68. The Morgan fingerprint density at radius 1 is 1.40 bits per heavy atom. The number of carboxylic acids is 1. The van der Waals surface area contributed by atoms with Crippen LogP contribution in [0.25, 0.3) is 0 Å². The molecule has 0 spiro atoms. The maximum atomic E-state index is 11.4. The van der Waals surface area contributed by atoms with E-state index in [9.17, 15) is 9.59 Å². The number of carboxylic acid groups (broad SMARTS) is 1. The fourth-order valence-corrected chi connectivity index (χ4v) is 2.60. The lowest BCUT2D eigenvalue weighted by molar-refractivity contribution is 0.0687. The van der Waals surface area contributed by atoms with Crippen LogP contribution in [-0.2, 0) is 0 Å². The minimum absolute atomic E-state index is 0.135. The van der Waals surface area contributed by atoms with E-state index < -0.39 is 5.97 Å². The van der Waals surface area contributed by atoms with Gasteiger partial charge in [-0.3, -0.25) is 9.78 Å². The van der Waals surface area contributed by atoms with E-state index >= 15 is 0 Å². The second-order valence-corrected chi connectivity index (χ2v) is 5.18. The Balaban J connectivity index is 2.24. The largest absolute Gasteiger partial charge is 0.476 e. The van der Waals surface area contributed by atoms with Gasteiger partial charge >= 0.3 is 5.97 Å². The molecular formula is C13H13N3O3S. The monoisotopic (exact) mass is 291 g/mol. The topological polar surface area (TPSA) is 92.2 Å². The summed E-state index contributed by atoms with van der Waals surface area (Å²) in [5, 5.41) is 12.5. The van der Waals surface area contributed by atoms with Crippen LogP contribution in [0.4, 0.5) is 5.13 Å². The molecule has 0 aliphatic carbocycles. The van der Waals surface area contributed by atoms with Crippen molar-refractivity contribution in [3.63, 3.8) is 0 Å². The molecule has 2 aromatic heterocycles. The van der Waals surface area contributed by atoms with Crippen LogP contribution < -0.4 is 5.32 Å². The molecular weight excluding hydrogens is 278 g/mol. The Kier molecular flexibility index (Phi) is 4.09. The Morgan fingerprint density at radius 3 is 2.65 bits per heavy atom. The first-order valence-electron chi connectivity index (χ1n) is 5.91. The molecule has 0 amide bonds. The van der Waals surface area contributed by atoms with E-state index in [-0.39, 0.29) is 22.4 Å². The molecule has 2 N–H and O–H groups in total. The van der Waals surface area contributed by atoms with Gasteiger partial charge in [0.15, 0.2) is 16.6 Å². The first-order valence-corrected chi connectivity index (χ1v) is 6.73. The van der Waals surface area contributed by atoms with Gasteiger partial charge in [0.25, 0.3) is 0 Å². The number of Topliss-reactive ketones (excluding diaryl/α,β-unsaturated/α-hetero) is 1. The molecule has 2 aromatic rings. The van der Waals surface area contributed by atoms with E-state index in [1.807, 2.05) is 25.1 Å². The standard InChI is InChI=1S/C13H13N3O3S/c1-7(9-5-3-4-6-14-9)15-13-16-10(12(18)19)11(20-13)8(2)17/h3-7H,1-2H3,(H,15,16)(H,18,19). The van der Waals surface area contributed by atoms with E-state index in [2.05, 4.69) is 15.3 Å². The van der Waals surface area contributed by atoms with Crippen LogP contribution in [0.3, 0.4) is 0 Å². The van der Waals surface area contributed by atoms with Crippen molar-refractivity contribution in [2.75, 3.05) is 5.32 Å². The SMILES string of the molecule is CC(=O)c1sc(NC(C)c2ccccn2)nc1C(=O)O.